The molecule has 0 saturated heterocycles. The van der Waals surface area contributed by atoms with Crippen LogP contribution in [0.1, 0.15) is 56.9 Å². The molecule has 9 rings (SSSR count). The van der Waals surface area contributed by atoms with Gasteiger partial charge in [-0.15, -0.1) is 11.3 Å². The summed E-state index contributed by atoms with van der Waals surface area (Å²) in [5.74, 6) is 0.229. The van der Waals surface area contributed by atoms with Gasteiger partial charge in [-0.05, 0) is 74.9 Å². The minimum atomic E-state index is -0.890. The number of amides is 2. The number of aromatic amines is 2. The predicted molar refractivity (Wildman–Crippen MR) is 214 cm³/mol. The number of imidazole rings is 1. The molecule has 0 fully saturated rings. The summed E-state index contributed by atoms with van der Waals surface area (Å²) in [6, 6.07) is 33.2. The highest BCUT2D eigenvalue weighted by Crippen LogP contribution is 2.44. The predicted octanol–water partition coefficient (Wildman–Crippen LogP) is 9.13. The summed E-state index contributed by atoms with van der Waals surface area (Å²) < 4.78 is 5.97. The summed E-state index contributed by atoms with van der Waals surface area (Å²) in [6.45, 7) is 0.157. The number of carbonyl (C=O) groups is 2. The van der Waals surface area contributed by atoms with Crippen molar-refractivity contribution in [2.24, 2.45) is 0 Å². The molecule has 54 heavy (non-hydrogen) atoms. The molecule has 4 aromatic carbocycles. The number of nitrogens with zero attached hydrogens (tertiary/aromatic N) is 1. The maximum atomic E-state index is 14.6. The lowest BCUT2D eigenvalue weighted by molar-refractivity contribution is -0.123. The van der Waals surface area contributed by atoms with Crippen molar-refractivity contribution in [2.75, 3.05) is 6.61 Å². The Hall–Kier alpha value is -6.19. The molecular formula is C45H39N5O3S. The Morgan fingerprint density at radius 2 is 1.59 bits per heavy atom. The van der Waals surface area contributed by atoms with Crippen LogP contribution in [0.2, 0.25) is 0 Å². The van der Waals surface area contributed by atoms with Gasteiger partial charge in [0.05, 0.1) is 17.9 Å². The number of hydrogen-bond donors (Lipinski definition) is 4. The van der Waals surface area contributed by atoms with Crippen molar-refractivity contribution < 1.29 is 14.3 Å². The maximum absolute atomic E-state index is 14.6. The topological polar surface area (TPSA) is 112 Å². The number of hydrogen-bond acceptors (Lipinski definition) is 5. The number of ether oxygens (including phenoxy) is 1. The molecule has 2 aliphatic carbocycles. The first-order chi connectivity index (χ1) is 26.6. The number of para-hydroxylation sites is 1. The Morgan fingerprint density at radius 1 is 0.852 bits per heavy atom. The average molecular weight is 730 g/mol. The third-order valence-corrected chi connectivity index (χ3v) is 11.7. The molecule has 0 unspecified atom stereocenters. The van der Waals surface area contributed by atoms with Crippen LogP contribution in [0.25, 0.3) is 39.4 Å². The van der Waals surface area contributed by atoms with Crippen molar-refractivity contribution in [2.45, 2.75) is 43.7 Å². The fraction of sp³-hybridized carbons (Fsp3) is 0.178. The number of rotatable bonds is 11. The zero-order valence-corrected chi connectivity index (χ0v) is 30.4. The van der Waals surface area contributed by atoms with Crippen LogP contribution in [0.15, 0.2) is 127 Å². The van der Waals surface area contributed by atoms with Gasteiger partial charge in [0.2, 0.25) is 5.91 Å². The van der Waals surface area contributed by atoms with Gasteiger partial charge >= 0.3 is 6.09 Å². The highest BCUT2D eigenvalue weighted by Gasteiger charge is 2.32. The number of thiophene rings is 1. The van der Waals surface area contributed by atoms with Crippen LogP contribution >= 0.6 is 11.3 Å². The van der Waals surface area contributed by atoms with Crippen molar-refractivity contribution in [3.8, 4) is 22.4 Å². The van der Waals surface area contributed by atoms with Crippen molar-refractivity contribution >= 4 is 40.3 Å². The number of benzene rings is 4. The molecule has 0 saturated carbocycles. The van der Waals surface area contributed by atoms with Gasteiger partial charge in [0.25, 0.3) is 0 Å². The molecule has 0 spiro atoms. The van der Waals surface area contributed by atoms with E-state index in [1.807, 2.05) is 79.0 Å². The molecule has 2 atom stereocenters. The summed E-state index contributed by atoms with van der Waals surface area (Å²) in [5.41, 5.74) is 10.8. The van der Waals surface area contributed by atoms with Crippen molar-refractivity contribution in [3.63, 3.8) is 0 Å². The number of alkyl carbamates (subject to hydrolysis) is 1. The number of fused-ring (bicyclic) bond motifs is 5. The van der Waals surface area contributed by atoms with Gasteiger partial charge in [0.15, 0.2) is 0 Å². The van der Waals surface area contributed by atoms with E-state index in [4.69, 9.17) is 9.72 Å². The van der Waals surface area contributed by atoms with Crippen molar-refractivity contribution in [1.82, 2.24) is 25.6 Å². The lowest BCUT2D eigenvalue weighted by atomic mass is 9.96. The van der Waals surface area contributed by atoms with Crippen LogP contribution in [0, 0.1) is 0 Å². The average Bonchev–Trinajstić information content (AvgIpc) is 4.02. The van der Waals surface area contributed by atoms with E-state index >= 15 is 0 Å². The molecule has 0 bridgehead atoms. The number of carbonyl (C=O) groups excluding carboxylic acids is 2. The molecule has 8 nitrogen and oxygen atoms in total. The molecule has 0 aliphatic heterocycles. The number of nitrogens with one attached hydrogen (secondary N) is 4. The Balaban J connectivity index is 0.993. The Morgan fingerprint density at radius 3 is 2.41 bits per heavy atom. The zero-order chi connectivity index (χ0) is 36.4. The lowest BCUT2D eigenvalue weighted by Gasteiger charge is -2.23. The SMILES string of the molecule is O=C(N[C@H](Cc1csc2c1CCC=C2)C(=O)N[C@H](Cc1c[nH]c2ccccc12)c1ncc(-c2ccccc2)[nH]1)OCC1c2ccccc2-c2ccccc21. The van der Waals surface area contributed by atoms with E-state index in [0.717, 1.165) is 68.4 Å². The van der Waals surface area contributed by atoms with Gasteiger partial charge < -0.3 is 25.3 Å². The standard InChI is InChI=1S/C45H39N5O3S/c51-44(49-39(22-29-24-46-38-20-10-8-14-31(29)38)43-47-25-41(48-43)28-12-2-1-3-13-28)40(23-30-27-54-42-21-11-9-15-32(30)42)50-45(52)53-26-37-35-18-6-4-16-33(35)34-17-5-7-19-36(34)37/h1-8,10-14,16-21,24-25,27,37,39-40,46H,9,15,22-23,26H2,(H,47,48)(H,49,51)(H,50,52)/t39-,40-/m1/s1. The normalized spacial score (nSPS) is 14.2. The minimum absolute atomic E-state index is 0.0931. The molecular weight excluding hydrogens is 691 g/mol. The molecule has 2 aliphatic rings. The van der Waals surface area contributed by atoms with Crippen LogP contribution in [0.4, 0.5) is 4.79 Å². The van der Waals surface area contributed by atoms with E-state index in [1.54, 1.807) is 17.5 Å². The maximum Gasteiger partial charge on any atom is 0.407 e. The number of H-pyrrole nitrogens is 2. The molecule has 7 aromatic rings. The van der Waals surface area contributed by atoms with E-state index in [9.17, 15) is 9.59 Å². The first-order valence-corrected chi connectivity index (χ1v) is 19.3. The molecule has 3 heterocycles. The van der Waals surface area contributed by atoms with Crippen molar-refractivity contribution in [3.05, 3.63) is 165 Å². The number of aromatic nitrogens is 3. The van der Waals surface area contributed by atoms with E-state index in [0.29, 0.717) is 18.7 Å². The summed E-state index contributed by atoms with van der Waals surface area (Å²) in [6.07, 6.45) is 10.2. The third-order valence-electron chi connectivity index (χ3n) is 10.6. The van der Waals surface area contributed by atoms with Gasteiger partial charge in [-0.25, -0.2) is 9.78 Å². The Kier molecular flexibility index (Phi) is 9.14. The highest BCUT2D eigenvalue weighted by molar-refractivity contribution is 7.11. The number of allylic oxidation sites excluding steroid dienone is 1. The quantitative estimate of drug-likeness (QED) is 0.106. The fourth-order valence-electron chi connectivity index (χ4n) is 7.95. The van der Waals surface area contributed by atoms with Crippen LogP contribution in [0.5, 0.6) is 0 Å². The van der Waals surface area contributed by atoms with E-state index < -0.39 is 18.2 Å². The van der Waals surface area contributed by atoms with Gasteiger partial charge in [-0.2, -0.15) is 0 Å². The fourth-order valence-corrected chi connectivity index (χ4v) is 9.00. The van der Waals surface area contributed by atoms with E-state index in [2.05, 4.69) is 68.5 Å². The molecule has 4 N–H and O–H groups in total. The molecule has 0 radical (unpaired) electrons. The second-order valence-electron chi connectivity index (χ2n) is 13.9. The Labute approximate surface area is 317 Å². The smallest absolute Gasteiger partial charge is 0.407 e. The summed E-state index contributed by atoms with van der Waals surface area (Å²) >= 11 is 1.67. The second-order valence-corrected chi connectivity index (χ2v) is 14.9. The Bertz CT molecular complexity index is 2450. The highest BCUT2D eigenvalue weighted by atomic mass is 32.1. The molecule has 2 amide bonds. The van der Waals surface area contributed by atoms with Crippen LogP contribution < -0.4 is 10.6 Å². The van der Waals surface area contributed by atoms with E-state index in [-0.39, 0.29) is 18.4 Å². The third kappa shape index (κ3) is 6.63. The second kappa shape index (κ2) is 14.7. The first kappa shape index (κ1) is 33.6. The monoisotopic (exact) mass is 729 g/mol. The van der Waals surface area contributed by atoms with Gasteiger partial charge in [-0.3, -0.25) is 4.79 Å². The molecule has 9 heteroatoms. The summed E-state index contributed by atoms with van der Waals surface area (Å²) in [5, 5.41) is 9.48. The van der Waals surface area contributed by atoms with Gasteiger partial charge in [0, 0.05) is 40.7 Å². The summed E-state index contributed by atoms with van der Waals surface area (Å²) in [7, 11) is 0. The van der Waals surface area contributed by atoms with E-state index in [1.165, 1.54) is 10.4 Å². The van der Waals surface area contributed by atoms with Gasteiger partial charge in [0.1, 0.15) is 18.5 Å². The van der Waals surface area contributed by atoms with Crippen LogP contribution in [-0.4, -0.2) is 39.6 Å². The van der Waals surface area contributed by atoms with Crippen molar-refractivity contribution in [1.29, 1.82) is 0 Å². The van der Waals surface area contributed by atoms with Gasteiger partial charge in [-0.1, -0.05) is 103 Å². The largest absolute Gasteiger partial charge is 0.449 e. The molecule has 3 aromatic heterocycles. The molecule has 268 valence electrons. The minimum Gasteiger partial charge on any atom is -0.449 e. The first-order valence-electron chi connectivity index (χ1n) is 18.4. The summed E-state index contributed by atoms with van der Waals surface area (Å²) in [4.78, 5) is 41.1. The lowest BCUT2D eigenvalue weighted by Crippen LogP contribution is -2.49. The zero-order valence-electron chi connectivity index (χ0n) is 29.5. The van der Waals surface area contributed by atoms with Crippen LogP contribution in [0.3, 0.4) is 0 Å². The van der Waals surface area contributed by atoms with Crippen LogP contribution in [-0.2, 0) is 28.8 Å².